The summed E-state index contributed by atoms with van der Waals surface area (Å²) in [5, 5.41) is 0. The predicted molar refractivity (Wildman–Crippen MR) is 58.8 cm³/mol. The maximum Gasteiger partial charge on any atom is 0.126 e. The third kappa shape index (κ3) is 1.77. The Hall–Kier alpha value is -0.980. The maximum atomic E-state index is 5.84. The molecule has 1 heterocycles. The maximum absolute atomic E-state index is 5.84. The van der Waals surface area contributed by atoms with E-state index in [1.807, 2.05) is 0 Å². The van der Waals surface area contributed by atoms with Gasteiger partial charge in [-0.15, -0.1) is 0 Å². The molecule has 1 aliphatic rings. The second-order valence-corrected chi connectivity index (χ2v) is 4.64. The molecule has 0 radical (unpaired) electrons. The monoisotopic (exact) mass is 190 g/mol. The Morgan fingerprint density at radius 2 is 2.21 bits per heavy atom. The average Bonchev–Trinajstić information content (AvgIpc) is 2.45. The summed E-state index contributed by atoms with van der Waals surface area (Å²) in [7, 11) is 0. The van der Waals surface area contributed by atoms with Crippen LogP contribution in [0.2, 0.25) is 0 Å². The number of fused-ring (bicyclic) bond motifs is 1. The van der Waals surface area contributed by atoms with E-state index in [2.05, 4.69) is 39.0 Å². The Balaban J connectivity index is 2.30. The molecule has 76 valence electrons. The van der Waals surface area contributed by atoms with E-state index in [4.69, 9.17) is 4.74 Å². The predicted octanol–water partition coefficient (Wildman–Crippen LogP) is 3.21. The lowest BCUT2D eigenvalue weighted by atomic mass is 9.99. The summed E-state index contributed by atoms with van der Waals surface area (Å²) in [5.74, 6) is 1.86. The highest BCUT2D eigenvalue weighted by Gasteiger charge is 2.21. The highest BCUT2D eigenvalue weighted by Crippen LogP contribution is 2.33. The van der Waals surface area contributed by atoms with Crippen LogP contribution in [0.1, 0.15) is 31.9 Å². The first-order valence-corrected chi connectivity index (χ1v) is 5.44. The quantitative estimate of drug-likeness (QED) is 0.695. The zero-order valence-electron chi connectivity index (χ0n) is 9.21. The summed E-state index contributed by atoms with van der Waals surface area (Å²) < 4.78 is 5.84. The van der Waals surface area contributed by atoms with Gasteiger partial charge in [0, 0.05) is 6.42 Å². The molecule has 0 fully saturated rings. The van der Waals surface area contributed by atoms with Crippen molar-refractivity contribution in [2.75, 3.05) is 0 Å². The Bertz CT molecular complexity index is 328. The van der Waals surface area contributed by atoms with Gasteiger partial charge in [0.25, 0.3) is 0 Å². The first-order valence-electron chi connectivity index (χ1n) is 5.44. The fourth-order valence-electron chi connectivity index (χ4n) is 2.10. The minimum Gasteiger partial charge on any atom is -0.490 e. The highest BCUT2D eigenvalue weighted by atomic mass is 16.5. The van der Waals surface area contributed by atoms with Crippen LogP contribution in [-0.4, -0.2) is 6.10 Å². The first kappa shape index (κ1) is 9.57. The van der Waals surface area contributed by atoms with Gasteiger partial charge < -0.3 is 4.74 Å². The third-order valence-corrected chi connectivity index (χ3v) is 2.63. The fraction of sp³-hybridized carbons (Fsp3) is 0.538. The zero-order valence-corrected chi connectivity index (χ0v) is 9.21. The number of hydrogen-bond donors (Lipinski definition) is 0. The van der Waals surface area contributed by atoms with Gasteiger partial charge in [-0.05, 0) is 30.4 Å². The second kappa shape index (κ2) is 3.64. The van der Waals surface area contributed by atoms with Crippen molar-refractivity contribution in [3.05, 3.63) is 29.3 Å². The molecule has 1 aromatic carbocycles. The van der Waals surface area contributed by atoms with Crippen molar-refractivity contribution >= 4 is 0 Å². The van der Waals surface area contributed by atoms with E-state index < -0.39 is 0 Å². The Morgan fingerprint density at radius 3 is 2.93 bits per heavy atom. The molecule has 0 aliphatic carbocycles. The number of para-hydroxylation sites is 1. The van der Waals surface area contributed by atoms with Gasteiger partial charge in [0.15, 0.2) is 0 Å². The van der Waals surface area contributed by atoms with Gasteiger partial charge in [-0.25, -0.2) is 0 Å². The van der Waals surface area contributed by atoms with Gasteiger partial charge in [0.2, 0.25) is 0 Å². The van der Waals surface area contributed by atoms with E-state index in [1.54, 1.807) is 0 Å². The molecular formula is C13H18O. The lowest BCUT2D eigenvalue weighted by molar-refractivity contribution is 0.252. The molecule has 1 unspecified atom stereocenters. The summed E-state index contributed by atoms with van der Waals surface area (Å²) in [6, 6.07) is 6.53. The topological polar surface area (TPSA) is 9.23 Å². The van der Waals surface area contributed by atoms with Crippen LogP contribution in [0.4, 0.5) is 0 Å². The van der Waals surface area contributed by atoms with Gasteiger partial charge in [0.05, 0.1) is 0 Å². The minimum atomic E-state index is 0.360. The van der Waals surface area contributed by atoms with Crippen LogP contribution in [-0.2, 0) is 12.8 Å². The van der Waals surface area contributed by atoms with E-state index in [0.29, 0.717) is 12.0 Å². The van der Waals surface area contributed by atoms with Crippen LogP contribution in [0.3, 0.4) is 0 Å². The van der Waals surface area contributed by atoms with Gasteiger partial charge in [-0.3, -0.25) is 0 Å². The Morgan fingerprint density at radius 1 is 1.43 bits per heavy atom. The highest BCUT2D eigenvalue weighted by molar-refractivity contribution is 5.44. The van der Waals surface area contributed by atoms with E-state index in [9.17, 15) is 0 Å². The average molecular weight is 190 g/mol. The van der Waals surface area contributed by atoms with E-state index in [0.717, 1.165) is 18.6 Å². The van der Waals surface area contributed by atoms with Gasteiger partial charge in [-0.1, -0.05) is 32.0 Å². The molecule has 0 amide bonds. The van der Waals surface area contributed by atoms with Crippen molar-refractivity contribution in [3.63, 3.8) is 0 Å². The van der Waals surface area contributed by atoms with Crippen molar-refractivity contribution in [1.82, 2.24) is 0 Å². The fourth-order valence-corrected chi connectivity index (χ4v) is 2.10. The van der Waals surface area contributed by atoms with Crippen LogP contribution in [0, 0.1) is 5.92 Å². The standard InChI is InChI=1S/C13H18O/c1-9(2)7-11-5-4-6-12-8-10(3)14-13(11)12/h4-6,9-10H,7-8H2,1-3H3. The summed E-state index contributed by atoms with van der Waals surface area (Å²) >= 11 is 0. The van der Waals surface area contributed by atoms with Crippen molar-refractivity contribution in [1.29, 1.82) is 0 Å². The Labute approximate surface area is 86.1 Å². The molecule has 1 aliphatic heterocycles. The zero-order chi connectivity index (χ0) is 10.1. The van der Waals surface area contributed by atoms with Crippen LogP contribution in [0.25, 0.3) is 0 Å². The van der Waals surface area contributed by atoms with Crippen molar-refractivity contribution in [2.45, 2.75) is 39.7 Å². The van der Waals surface area contributed by atoms with Crippen molar-refractivity contribution < 1.29 is 4.74 Å². The SMILES string of the molecule is CC(C)Cc1cccc2c1OC(C)C2. The lowest BCUT2D eigenvalue weighted by Crippen LogP contribution is -2.06. The molecule has 2 rings (SSSR count). The van der Waals surface area contributed by atoms with Gasteiger partial charge in [0.1, 0.15) is 11.9 Å². The second-order valence-electron chi connectivity index (χ2n) is 4.64. The summed E-state index contributed by atoms with van der Waals surface area (Å²) in [5.41, 5.74) is 2.76. The number of ether oxygens (including phenoxy) is 1. The molecule has 14 heavy (non-hydrogen) atoms. The largest absolute Gasteiger partial charge is 0.490 e. The third-order valence-electron chi connectivity index (χ3n) is 2.63. The van der Waals surface area contributed by atoms with Crippen molar-refractivity contribution in [2.24, 2.45) is 5.92 Å². The number of benzene rings is 1. The van der Waals surface area contributed by atoms with Crippen LogP contribution >= 0.6 is 0 Å². The minimum absolute atomic E-state index is 0.360. The molecule has 0 spiro atoms. The van der Waals surface area contributed by atoms with Crippen molar-refractivity contribution in [3.8, 4) is 5.75 Å². The van der Waals surface area contributed by atoms with Crippen LogP contribution in [0.15, 0.2) is 18.2 Å². The molecule has 0 N–H and O–H groups in total. The molecule has 1 nitrogen and oxygen atoms in total. The summed E-state index contributed by atoms with van der Waals surface area (Å²) in [6.45, 7) is 6.63. The molecule has 1 atom stereocenters. The lowest BCUT2D eigenvalue weighted by Gasteiger charge is -2.10. The molecule has 0 bridgehead atoms. The number of rotatable bonds is 2. The van der Waals surface area contributed by atoms with E-state index in [-0.39, 0.29) is 0 Å². The molecule has 1 aromatic rings. The molecule has 0 saturated heterocycles. The summed E-state index contributed by atoms with van der Waals surface area (Å²) in [6.07, 6.45) is 2.55. The van der Waals surface area contributed by atoms with E-state index in [1.165, 1.54) is 11.1 Å². The molecule has 0 aromatic heterocycles. The van der Waals surface area contributed by atoms with E-state index >= 15 is 0 Å². The van der Waals surface area contributed by atoms with Gasteiger partial charge >= 0.3 is 0 Å². The Kier molecular flexibility index (Phi) is 2.49. The smallest absolute Gasteiger partial charge is 0.126 e. The molecular weight excluding hydrogens is 172 g/mol. The van der Waals surface area contributed by atoms with Crippen LogP contribution in [0.5, 0.6) is 5.75 Å². The first-order chi connectivity index (χ1) is 6.66. The normalized spacial score (nSPS) is 19.6. The summed E-state index contributed by atoms with van der Waals surface area (Å²) in [4.78, 5) is 0. The van der Waals surface area contributed by atoms with Crippen LogP contribution < -0.4 is 4.74 Å². The molecule has 0 saturated carbocycles. The van der Waals surface area contributed by atoms with Gasteiger partial charge in [-0.2, -0.15) is 0 Å². The number of hydrogen-bond acceptors (Lipinski definition) is 1. The molecule has 1 heteroatoms.